The number of methoxy groups -OCH3 is 1. The lowest BCUT2D eigenvalue weighted by Crippen LogP contribution is -2.04. The molecule has 3 aromatic rings. The smallest absolute Gasteiger partial charge is 0.338 e. The largest absolute Gasteiger partial charge is 0.465 e. The summed E-state index contributed by atoms with van der Waals surface area (Å²) in [4.78, 5) is 12.3. The van der Waals surface area contributed by atoms with Crippen LogP contribution in [-0.2, 0) is 4.74 Å². The molecule has 3 aromatic carbocycles. The number of carbonyl (C=O) groups excluding carboxylic acids is 1. The fourth-order valence-electron chi connectivity index (χ4n) is 3.03. The van der Waals surface area contributed by atoms with Gasteiger partial charge in [-0.2, -0.15) is 0 Å². The van der Waals surface area contributed by atoms with Crippen molar-refractivity contribution in [3.8, 4) is 33.8 Å². The van der Waals surface area contributed by atoms with Crippen LogP contribution in [0.5, 0.6) is 11.5 Å². The number of esters is 1. The molecule has 0 saturated carbocycles. The van der Waals surface area contributed by atoms with Crippen LogP contribution in [0, 0.1) is 0 Å². The molecule has 1 heterocycles. The van der Waals surface area contributed by atoms with E-state index in [2.05, 4.69) is 0 Å². The second kappa shape index (κ2) is 6.32. The lowest BCUT2D eigenvalue weighted by molar-refractivity contribution is 0.0601. The van der Waals surface area contributed by atoms with Crippen molar-refractivity contribution in [2.75, 3.05) is 13.9 Å². The van der Waals surface area contributed by atoms with Crippen LogP contribution >= 0.6 is 0 Å². The molecule has 0 atom stereocenters. The molecular formula is C21H16O4. The number of hydrogen-bond acceptors (Lipinski definition) is 4. The van der Waals surface area contributed by atoms with Crippen molar-refractivity contribution < 1.29 is 19.0 Å². The summed E-state index contributed by atoms with van der Waals surface area (Å²) >= 11 is 0. The van der Waals surface area contributed by atoms with E-state index in [1.165, 1.54) is 7.11 Å². The topological polar surface area (TPSA) is 44.8 Å². The van der Waals surface area contributed by atoms with Gasteiger partial charge in [0.05, 0.1) is 12.7 Å². The van der Waals surface area contributed by atoms with Crippen molar-refractivity contribution >= 4 is 5.97 Å². The van der Waals surface area contributed by atoms with E-state index in [1.54, 1.807) is 6.07 Å². The summed E-state index contributed by atoms with van der Waals surface area (Å²) in [5, 5.41) is 0. The normalized spacial score (nSPS) is 12.0. The van der Waals surface area contributed by atoms with Crippen LogP contribution in [0.3, 0.4) is 0 Å². The van der Waals surface area contributed by atoms with Crippen molar-refractivity contribution in [2.24, 2.45) is 0 Å². The van der Waals surface area contributed by atoms with Crippen LogP contribution in [0.25, 0.3) is 22.3 Å². The highest BCUT2D eigenvalue weighted by Crippen LogP contribution is 2.41. The van der Waals surface area contributed by atoms with Gasteiger partial charge in [-0.25, -0.2) is 4.79 Å². The van der Waals surface area contributed by atoms with Gasteiger partial charge in [0.1, 0.15) is 0 Å². The standard InChI is InChI=1S/C21H16O4/c1-23-21(22)18-12-20-19(24-13-25-20)11-17(18)16-10-6-5-9-15(16)14-7-3-2-4-8-14/h2-12H,13H2,1H3. The maximum Gasteiger partial charge on any atom is 0.338 e. The van der Waals surface area contributed by atoms with Gasteiger partial charge in [-0.05, 0) is 28.8 Å². The lowest BCUT2D eigenvalue weighted by atomic mass is 9.91. The lowest BCUT2D eigenvalue weighted by Gasteiger charge is -2.14. The highest BCUT2D eigenvalue weighted by atomic mass is 16.7. The Morgan fingerprint density at radius 2 is 1.48 bits per heavy atom. The van der Waals surface area contributed by atoms with Gasteiger partial charge >= 0.3 is 5.97 Å². The zero-order valence-corrected chi connectivity index (χ0v) is 13.7. The molecular weight excluding hydrogens is 316 g/mol. The van der Waals surface area contributed by atoms with Gasteiger partial charge in [0.2, 0.25) is 6.79 Å². The number of carbonyl (C=O) groups is 1. The summed E-state index contributed by atoms with van der Waals surface area (Å²) in [6, 6.07) is 21.5. The zero-order chi connectivity index (χ0) is 17.2. The van der Waals surface area contributed by atoms with E-state index in [0.717, 1.165) is 22.3 Å². The predicted octanol–water partition coefficient (Wildman–Crippen LogP) is 4.54. The molecule has 0 unspecified atom stereocenters. The van der Waals surface area contributed by atoms with Crippen molar-refractivity contribution in [2.45, 2.75) is 0 Å². The molecule has 4 heteroatoms. The quantitative estimate of drug-likeness (QED) is 0.661. The van der Waals surface area contributed by atoms with E-state index in [0.29, 0.717) is 17.1 Å². The van der Waals surface area contributed by atoms with Gasteiger partial charge in [-0.1, -0.05) is 54.6 Å². The van der Waals surface area contributed by atoms with Gasteiger partial charge in [0.15, 0.2) is 11.5 Å². The number of fused-ring (bicyclic) bond motifs is 1. The molecule has 25 heavy (non-hydrogen) atoms. The molecule has 4 nitrogen and oxygen atoms in total. The maximum absolute atomic E-state index is 12.3. The predicted molar refractivity (Wildman–Crippen MR) is 94.8 cm³/mol. The highest BCUT2D eigenvalue weighted by Gasteiger charge is 2.23. The van der Waals surface area contributed by atoms with E-state index in [-0.39, 0.29) is 6.79 Å². The van der Waals surface area contributed by atoms with Crippen molar-refractivity contribution in [1.82, 2.24) is 0 Å². The highest BCUT2D eigenvalue weighted by molar-refractivity contribution is 6.01. The number of rotatable bonds is 3. The minimum atomic E-state index is -0.406. The third kappa shape index (κ3) is 2.72. The Morgan fingerprint density at radius 3 is 2.20 bits per heavy atom. The maximum atomic E-state index is 12.3. The Kier molecular flexibility index (Phi) is 3.86. The molecule has 0 fully saturated rings. The van der Waals surface area contributed by atoms with Gasteiger partial charge in [-0.3, -0.25) is 0 Å². The van der Waals surface area contributed by atoms with Crippen LogP contribution < -0.4 is 9.47 Å². The summed E-state index contributed by atoms with van der Waals surface area (Å²) in [7, 11) is 1.37. The van der Waals surface area contributed by atoms with Crippen molar-refractivity contribution in [1.29, 1.82) is 0 Å². The van der Waals surface area contributed by atoms with Gasteiger partial charge in [0.25, 0.3) is 0 Å². The van der Waals surface area contributed by atoms with Crippen LogP contribution in [0.1, 0.15) is 10.4 Å². The molecule has 124 valence electrons. The summed E-state index contributed by atoms with van der Waals surface area (Å²) in [6.07, 6.45) is 0. The SMILES string of the molecule is COC(=O)c1cc2c(cc1-c1ccccc1-c1ccccc1)OCO2. The molecule has 0 spiro atoms. The number of hydrogen-bond donors (Lipinski definition) is 0. The fraction of sp³-hybridized carbons (Fsp3) is 0.0952. The molecule has 0 aliphatic carbocycles. The van der Waals surface area contributed by atoms with Crippen molar-refractivity contribution in [3.05, 3.63) is 72.3 Å². The van der Waals surface area contributed by atoms with Crippen LogP contribution in [0.4, 0.5) is 0 Å². The van der Waals surface area contributed by atoms with Gasteiger partial charge in [-0.15, -0.1) is 0 Å². The van der Waals surface area contributed by atoms with E-state index in [1.807, 2.05) is 60.7 Å². The molecule has 0 radical (unpaired) electrons. The Balaban J connectivity index is 1.95. The Bertz CT molecular complexity index is 932. The second-order valence-corrected chi connectivity index (χ2v) is 5.65. The Hall–Kier alpha value is -3.27. The molecule has 0 N–H and O–H groups in total. The van der Waals surface area contributed by atoms with Crippen LogP contribution in [0.2, 0.25) is 0 Å². The van der Waals surface area contributed by atoms with Crippen molar-refractivity contribution in [3.63, 3.8) is 0 Å². The number of ether oxygens (including phenoxy) is 3. The van der Waals surface area contributed by atoms with Crippen LogP contribution in [0.15, 0.2) is 66.7 Å². The molecule has 0 aromatic heterocycles. The average Bonchev–Trinajstić information content (AvgIpc) is 3.14. The first kappa shape index (κ1) is 15.3. The summed E-state index contributed by atoms with van der Waals surface area (Å²) < 4.78 is 15.9. The van der Waals surface area contributed by atoms with E-state index in [4.69, 9.17) is 14.2 Å². The first-order valence-electron chi connectivity index (χ1n) is 7.94. The Morgan fingerprint density at radius 1 is 0.840 bits per heavy atom. The third-order valence-corrected chi connectivity index (χ3v) is 4.22. The Labute approximate surface area is 145 Å². The molecule has 1 aliphatic heterocycles. The minimum absolute atomic E-state index is 0.153. The monoisotopic (exact) mass is 332 g/mol. The molecule has 0 amide bonds. The summed E-state index contributed by atoms with van der Waals surface area (Å²) in [6.45, 7) is 0.153. The fourth-order valence-corrected chi connectivity index (χ4v) is 3.03. The van der Waals surface area contributed by atoms with E-state index in [9.17, 15) is 4.79 Å². The molecule has 1 aliphatic rings. The first-order valence-corrected chi connectivity index (χ1v) is 7.94. The second-order valence-electron chi connectivity index (χ2n) is 5.65. The number of benzene rings is 3. The van der Waals surface area contributed by atoms with Crippen LogP contribution in [-0.4, -0.2) is 19.9 Å². The van der Waals surface area contributed by atoms with E-state index < -0.39 is 5.97 Å². The summed E-state index contributed by atoms with van der Waals surface area (Å²) in [5.41, 5.74) is 4.26. The molecule has 4 rings (SSSR count). The molecule has 0 saturated heterocycles. The minimum Gasteiger partial charge on any atom is -0.465 e. The molecule has 0 bridgehead atoms. The summed E-state index contributed by atoms with van der Waals surface area (Å²) in [5.74, 6) is 0.781. The van der Waals surface area contributed by atoms with E-state index >= 15 is 0 Å². The van der Waals surface area contributed by atoms with Gasteiger partial charge < -0.3 is 14.2 Å². The third-order valence-electron chi connectivity index (χ3n) is 4.22. The zero-order valence-electron chi connectivity index (χ0n) is 13.7. The van der Waals surface area contributed by atoms with Gasteiger partial charge in [0, 0.05) is 5.56 Å². The average molecular weight is 332 g/mol. The first-order chi connectivity index (χ1) is 12.3.